The van der Waals surface area contributed by atoms with Crippen LogP contribution in [-0.4, -0.2) is 25.8 Å². The summed E-state index contributed by atoms with van der Waals surface area (Å²) >= 11 is -2.30. The van der Waals surface area contributed by atoms with Crippen LogP contribution in [0.25, 0.3) is 0 Å². The summed E-state index contributed by atoms with van der Waals surface area (Å²) in [5.74, 6) is -0.636. The third-order valence-corrected chi connectivity index (χ3v) is 3.45. The molecule has 7 heteroatoms. The van der Waals surface area contributed by atoms with Crippen LogP contribution in [0, 0.1) is 0 Å². The number of carbonyl (C=O) groups is 1. The fraction of sp³-hybridized carbons (Fsp3) is 0.214. The lowest BCUT2D eigenvalue weighted by Gasteiger charge is -2.06. The number of hydrogen-bond donors (Lipinski definition) is 2. The van der Waals surface area contributed by atoms with E-state index in [0.29, 0.717) is 6.54 Å². The van der Waals surface area contributed by atoms with Crippen LogP contribution in [0.4, 0.5) is 0 Å². The Morgan fingerprint density at radius 3 is 2.67 bits per heavy atom. The van der Waals surface area contributed by atoms with Crippen molar-refractivity contribution in [1.29, 1.82) is 0 Å². The molecule has 0 aliphatic carbocycles. The molecule has 0 saturated heterocycles. The monoisotopic (exact) mass is 308 g/mol. The zero-order valence-electron chi connectivity index (χ0n) is 11.5. The lowest BCUT2D eigenvalue weighted by atomic mass is 10.2. The third-order valence-electron chi connectivity index (χ3n) is 2.81. The predicted octanol–water partition coefficient (Wildman–Crippen LogP) is 1.55. The molecule has 1 aromatic heterocycles. The first-order valence-electron chi connectivity index (χ1n) is 6.30. The summed E-state index contributed by atoms with van der Waals surface area (Å²) in [4.78, 5) is 12.1. The van der Waals surface area contributed by atoms with Crippen molar-refractivity contribution in [1.82, 2.24) is 9.29 Å². The topological polar surface area (TPSA) is 80.6 Å². The number of carbonyl (C=O) groups excluding carboxylic acids is 1. The van der Waals surface area contributed by atoms with Crippen LogP contribution >= 0.6 is 0 Å². The fourth-order valence-electron chi connectivity index (χ4n) is 1.87. The van der Waals surface area contributed by atoms with Gasteiger partial charge < -0.3 is 10.1 Å². The van der Waals surface area contributed by atoms with E-state index in [0.717, 1.165) is 15.1 Å². The first-order valence-corrected chi connectivity index (χ1v) is 7.36. The molecule has 0 bridgehead atoms. The van der Waals surface area contributed by atoms with Gasteiger partial charge in [0.25, 0.3) is 11.3 Å². The van der Waals surface area contributed by atoms with Gasteiger partial charge in [0.1, 0.15) is 12.3 Å². The normalized spacial score (nSPS) is 12.1. The van der Waals surface area contributed by atoms with Crippen LogP contribution in [0.3, 0.4) is 0 Å². The van der Waals surface area contributed by atoms with E-state index in [1.54, 1.807) is 7.05 Å². The Hall–Kier alpha value is -1.96. The molecule has 0 radical (unpaired) electrons. The lowest BCUT2D eigenvalue weighted by Crippen LogP contribution is -2.13. The molecule has 2 rings (SSSR count). The Kier molecular flexibility index (Phi) is 5.26. The summed E-state index contributed by atoms with van der Waals surface area (Å²) < 4.78 is 26.6. The average molecular weight is 308 g/mol. The number of rotatable bonds is 6. The number of benzene rings is 1. The Morgan fingerprint density at radius 1 is 1.33 bits per heavy atom. The van der Waals surface area contributed by atoms with Crippen LogP contribution in [0.2, 0.25) is 0 Å². The van der Waals surface area contributed by atoms with Crippen LogP contribution < -0.4 is 5.32 Å². The number of nitrogens with zero attached hydrogens (tertiary/aromatic N) is 1. The molecule has 1 heterocycles. The second kappa shape index (κ2) is 7.16. The second-order valence-corrected chi connectivity index (χ2v) is 5.24. The van der Waals surface area contributed by atoms with Crippen molar-refractivity contribution < 1.29 is 18.3 Å². The molecule has 0 amide bonds. The van der Waals surface area contributed by atoms with Gasteiger partial charge in [-0.05, 0) is 24.2 Å². The first-order chi connectivity index (χ1) is 10.1. The van der Waals surface area contributed by atoms with Crippen molar-refractivity contribution in [2.45, 2.75) is 13.2 Å². The molecule has 0 aliphatic rings. The molecule has 0 fully saturated rings. The molecule has 2 N–H and O–H groups in total. The van der Waals surface area contributed by atoms with Crippen molar-refractivity contribution >= 4 is 17.2 Å². The lowest BCUT2D eigenvalue weighted by molar-refractivity contribution is 0.0464. The van der Waals surface area contributed by atoms with Gasteiger partial charge in [-0.1, -0.05) is 30.3 Å². The molecular weight excluding hydrogens is 292 g/mol. The molecule has 0 saturated carbocycles. The molecule has 6 nitrogen and oxygen atoms in total. The highest BCUT2D eigenvalue weighted by Crippen LogP contribution is 2.12. The van der Waals surface area contributed by atoms with Crippen LogP contribution in [0.5, 0.6) is 0 Å². The van der Waals surface area contributed by atoms with Gasteiger partial charge in [-0.3, -0.25) is 4.55 Å². The van der Waals surface area contributed by atoms with Gasteiger partial charge in [0, 0.05) is 12.7 Å². The molecule has 1 atom stereocenters. The fourth-order valence-corrected chi connectivity index (χ4v) is 2.39. The Morgan fingerprint density at radius 2 is 2.05 bits per heavy atom. The van der Waals surface area contributed by atoms with E-state index in [1.165, 1.54) is 12.3 Å². The first kappa shape index (κ1) is 15.4. The van der Waals surface area contributed by atoms with Gasteiger partial charge in [-0.2, -0.15) is 0 Å². The number of hydrogen-bond acceptors (Lipinski definition) is 4. The quantitative estimate of drug-likeness (QED) is 0.625. The van der Waals surface area contributed by atoms with E-state index in [4.69, 9.17) is 4.74 Å². The van der Waals surface area contributed by atoms with Crippen molar-refractivity contribution in [2.75, 3.05) is 7.05 Å². The van der Waals surface area contributed by atoms with Crippen molar-refractivity contribution in [3.05, 3.63) is 59.4 Å². The molecule has 0 aliphatic heterocycles. The highest BCUT2D eigenvalue weighted by molar-refractivity contribution is 7.77. The number of esters is 1. The van der Waals surface area contributed by atoms with E-state index >= 15 is 0 Å². The maximum atomic E-state index is 12.1. The van der Waals surface area contributed by atoms with Gasteiger partial charge in [0.05, 0.1) is 0 Å². The predicted molar refractivity (Wildman–Crippen MR) is 78.9 cm³/mol. The standard InChI is InChI=1S/C14H16N2O4S/c1-15-8-12-7-13(16(9-12)21(18)19)14(17)20-10-11-5-3-2-4-6-11/h2-7,9,15H,8,10H2,1H3,(H,18,19). The maximum absolute atomic E-state index is 12.1. The van der Waals surface area contributed by atoms with Gasteiger partial charge in [-0.25, -0.2) is 13.0 Å². The van der Waals surface area contributed by atoms with E-state index in [1.807, 2.05) is 30.3 Å². The summed E-state index contributed by atoms with van der Waals surface area (Å²) in [5, 5.41) is 2.91. The van der Waals surface area contributed by atoms with Crippen LogP contribution in [0.15, 0.2) is 42.6 Å². The van der Waals surface area contributed by atoms with E-state index in [2.05, 4.69) is 5.32 Å². The van der Waals surface area contributed by atoms with E-state index in [-0.39, 0.29) is 12.3 Å². The van der Waals surface area contributed by atoms with Gasteiger partial charge >= 0.3 is 5.97 Å². The summed E-state index contributed by atoms with van der Waals surface area (Å²) in [5.41, 5.74) is 1.63. The Labute approximate surface area is 125 Å². The molecular formula is C14H16N2O4S. The highest BCUT2D eigenvalue weighted by Gasteiger charge is 2.18. The van der Waals surface area contributed by atoms with Crippen molar-refractivity contribution in [2.24, 2.45) is 0 Å². The Bertz CT molecular complexity index is 640. The minimum absolute atomic E-state index is 0.0528. The third kappa shape index (κ3) is 4.01. The summed E-state index contributed by atoms with van der Waals surface area (Å²) in [7, 11) is 1.75. The Balaban J connectivity index is 2.12. The van der Waals surface area contributed by atoms with Gasteiger partial charge in [0.2, 0.25) is 0 Å². The summed E-state index contributed by atoms with van der Waals surface area (Å²) in [6.07, 6.45) is 1.45. The summed E-state index contributed by atoms with van der Waals surface area (Å²) in [6, 6.07) is 10.8. The van der Waals surface area contributed by atoms with E-state index < -0.39 is 17.2 Å². The minimum Gasteiger partial charge on any atom is -0.456 e. The minimum atomic E-state index is -2.30. The summed E-state index contributed by atoms with van der Waals surface area (Å²) in [6.45, 7) is 0.605. The molecule has 1 aromatic carbocycles. The average Bonchev–Trinajstić information content (AvgIpc) is 2.90. The van der Waals surface area contributed by atoms with Crippen LogP contribution in [-0.2, 0) is 29.2 Å². The zero-order chi connectivity index (χ0) is 15.2. The number of nitrogens with one attached hydrogen (secondary N) is 1. The SMILES string of the molecule is CNCc1cc(C(=O)OCc2ccccc2)n(S(=O)O)c1. The number of aromatic nitrogens is 1. The van der Waals surface area contributed by atoms with Crippen LogP contribution in [0.1, 0.15) is 21.6 Å². The molecule has 112 valence electrons. The largest absolute Gasteiger partial charge is 0.456 e. The number of ether oxygens (including phenoxy) is 1. The molecule has 1 unspecified atom stereocenters. The molecule has 0 spiro atoms. The van der Waals surface area contributed by atoms with Gasteiger partial charge in [-0.15, -0.1) is 0 Å². The molecule has 2 aromatic rings. The van der Waals surface area contributed by atoms with Gasteiger partial charge in [0.15, 0.2) is 0 Å². The zero-order valence-corrected chi connectivity index (χ0v) is 12.3. The van der Waals surface area contributed by atoms with E-state index in [9.17, 15) is 13.6 Å². The smallest absolute Gasteiger partial charge is 0.356 e. The maximum Gasteiger partial charge on any atom is 0.356 e. The van der Waals surface area contributed by atoms with Crippen molar-refractivity contribution in [3.8, 4) is 0 Å². The second-order valence-electron chi connectivity index (χ2n) is 4.38. The van der Waals surface area contributed by atoms with Crippen molar-refractivity contribution in [3.63, 3.8) is 0 Å². The molecule has 21 heavy (non-hydrogen) atoms. The highest BCUT2D eigenvalue weighted by atomic mass is 32.2.